The van der Waals surface area contributed by atoms with Crippen molar-refractivity contribution >= 4 is 0 Å². The standard InChI is InChI=1S/C13H27NO3/c1-4-7-14(12-5-6-12)8-13(15)10-17-11(2)9-16-3/h11-13,15H,4-10H2,1-3H3. The van der Waals surface area contributed by atoms with Crippen molar-refractivity contribution in [1.29, 1.82) is 0 Å². The van der Waals surface area contributed by atoms with E-state index >= 15 is 0 Å². The SMILES string of the molecule is CCCN(CC(O)COC(C)COC)C1CC1. The van der Waals surface area contributed by atoms with E-state index in [1.54, 1.807) is 7.11 Å². The molecule has 1 aliphatic carbocycles. The van der Waals surface area contributed by atoms with Crippen molar-refractivity contribution in [2.45, 2.75) is 51.4 Å². The summed E-state index contributed by atoms with van der Waals surface area (Å²) >= 11 is 0. The second-order valence-corrected chi connectivity index (χ2v) is 4.98. The Balaban J connectivity index is 2.15. The van der Waals surface area contributed by atoms with Gasteiger partial charge in [0.05, 0.1) is 25.4 Å². The summed E-state index contributed by atoms with van der Waals surface area (Å²) in [6.45, 7) is 6.93. The van der Waals surface area contributed by atoms with E-state index < -0.39 is 0 Å². The van der Waals surface area contributed by atoms with Crippen LogP contribution in [0.25, 0.3) is 0 Å². The molecule has 102 valence electrons. The molecule has 4 nitrogen and oxygen atoms in total. The van der Waals surface area contributed by atoms with Gasteiger partial charge >= 0.3 is 0 Å². The molecule has 0 bridgehead atoms. The Bertz CT molecular complexity index is 197. The molecular formula is C13H27NO3. The molecule has 0 aliphatic heterocycles. The quantitative estimate of drug-likeness (QED) is 0.629. The molecule has 1 saturated carbocycles. The second kappa shape index (κ2) is 8.03. The average Bonchev–Trinajstić information content (AvgIpc) is 3.10. The van der Waals surface area contributed by atoms with E-state index in [0.29, 0.717) is 19.3 Å². The zero-order valence-corrected chi connectivity index (χ0v) is 11.4. The smallest absolute Gasteiger partial charge is 0.0900 e. The molecule has 1 N–H and O–H groups in total. The lowest BCUT2D eigenvalue weighted by atomic mass is 10.3. The van der Waals surface area contributed by atoms with Crippen LogP contribution in [-0.4, -0.2) is 61.7 Å². The van der Waals surface area contributed by atoms with Gasteiger partial charge < -0.3 is 14.6 Å². The van der Waals surface area contributed by atoms with Gasteiger partial charge in [0.15, 0.2) is 0 Å². The molecule has 0 spiro atoms. The molecule has 0 aromatic rings. The molecule has 4 heteroatoms. The minimum atomic E-state index is -0.388. The van der Waals surface area contributed by atoms with Crippen molar-refractivity contribution in [3.8, 4) is 0 Å². The molecule has 0 radical (unpaired) electrons. The van der Waals surface area contributed by atoms with Gasteiger partial charge in [0.2, 0.25) is 0 Å². The number of nitrogens with zero attached hydrogens (tertiary/aromatic N) is 1. The van der Waals surface area contributed by atoms with E-state index in [9.17, 15) is 5.11 Å². The van der Waals surface area contributed by atoms with Gasteiger partial charge in [0, 0.05) is 19.7 Å². The van der Waals surface area contributed by atoms with Crippen molar-refractivity contribution in [3.05, 3.63) is 0 Å². The zero-order valence-electron chi connectivity index (χ0n) is 11.4. The molecule has 0 heterocycles. The minimum absolute atomic E-state index is 0.0511. The first-order chi connectivity index (χ1) is 8.17. The predicted molar refractivity (Wildman–Crippen MR) is 68.2 cm³/mol. The van der Waals surface area contributed by atoms with Gasteiger partial charge in [-0.3, -0.25) is 4.90 Å². The highest BCUT2D eigenvalue weighted by atomic mass is 16.5. The van der Waals surface area contributed by atoms with Crippen molar-refractivity contribution in [2.75, 3.05) is 33.4 Å². The largest absolute Gasteiger partial charge is 0.389 e. The Labute approximate surface area is 105 Å². The molecule has 0 amide bonds. The second-order valence-electron chi connectivity index (χ2n) is 4.98. The Morgan fingerprint density at radius 3 is 2.59 bits per heavy atom. The zero-order chi connectivity index (χ0) is 12.7. The Hall–Kier alpha value is -0.160. The highest BCUT2D eigenvalue weighted by molar-refractivity contribution is 4.85. The van der Waals surface area contributed by atoms with E-state index in [1.807, 2.05) is 6.92 Å². The van der Waals surface area contributed by atoms with Crippen LogP contribution in [0.5, 0.6) is 0 Å². The summed E-state index contributed by atoms with van der Waals surface area (Å²) in [4.78, 5) is 2.38. The number of hydrogen-bond acceptors (Lipinski definition) is 4. The maximum absolute atomic E-state index is 9.93. The third-order valence-corrected chi connectivity index (χ3v) is 2.99. The van der Waals surface area contributed by atoms with Crippen LogP contribution in [0.2, 0.25) is 0 Å². The molecule has 1 aliphatic rings. The topological polar surface area (TPSA) is 41.9 Å². The highest BCUT2D eigenvalue weighted by Gasteiger charge is 2.29. The number of ether oxygens (including phenoxy) is 2. The monoisotopic (exact) mass is 245 g/mol. The fraction of sp³-hybridized carbons (Fsp3) is 1.00. The van der Waals surface area contributed by atoms with E-state index in [1.165, 1.54) is 12.8 Å². The van der Waals surface area contributed by atoms with Crippen LogP contribution >= 0.6 is 0 Å². The number of hydrogen-bond donors (Lipinski definition) is 1. The van der Waals surface area contributed by atoms with Crippen molar-refractivity contribution in [3.63, 3.8) is 0 Å². The molecular weight excluding hydrogens is 218 g/mol. The predicted octanol–water partition coefficient (Wildman–Crippen LogP) is 1.27. The third-order valence-electron chi connectivity index (χ3n) is 2.99. The van der Waals surface area contributed by atoms with E-state index in [-0.39, 0.29) is 12.2 Å². The molecule has 1 fully saturated rings. The fourth-order valence-corrected chi connectivity index (χ4v) is 2.03. The molecule has 0 aromatic carbocycles. The first kappa shape index (κ1) is 14.9. The summed E-state index contributed by atoms with van der Waals surface area (Å²) in [5, 5.41) is 9.93. The van der Waals surface area contributed by atoms with Gasteiger partial charge in [-0.05, 0) is 32.7 Å². The lowest BCUT2D eigenvalue weighted by Gasteiger charge is -2.25. The van der Waals surface area contributed by atoms with Crippen LogP contribution in [0.1, 0.15) is 33.1 Å². The normalized spacial score (nSPS) is 19.6. The van der Waals surface area contributed by atoms with E-state index in [0.717, 1.165) is 19.5 Å². The first-order valence-corrected chi connectivity index (χ1v) is 6.70. The fourth-order valence-electron chi connectivity index (χ4n) is 2.03. The Morgan fingerprint density at radius 1 is 1.35 bits per heavy atom. The Kier molecular flexibility index (Phi) is 7.04. The number of aliphatic hydroxyl groups excluding tert-OH is 1. The van der Waals surface area contributed by atoms with E-state index in [2.05, 4.69) is 11.8 Å². The molecule has 2 atom stereocenters. The van der Waals surface area contributed by atoms with Crippen LogP contribution in [0, 0.1) is 0 Å². The third kappa shape index (κ3) is 6.36. The van der Waals surface area contributed by atoms with Gasteiger partial charge in [-0.15, -0.1) is 0 Å². The van der Waals surface area contributed by atoms with Crippen LogP contribution in [0.4, 0.5) is 0 Å². The van der Waals surface area contributed by atoms with Crippen molar-refractivity contribution in [2.24, 2.45) is 0 Å². The average molecular weight is 245 g/mol. The van der Waals surface area contributed by atoms with Crippen LogP contribution in [0.15, 0.2) is 0 Å². The summed E-state index contributed by atoms with van der Waals surface area (Å²) in [5.41, 5.74) is 0. The van der Waals surface area contributed by atoms with Crippen molar-refractivity contribution < 1.29 is 14.6 Å². The molecule has 0 aromatic heterocycles. The summed E-state index contributed by atoms with van der Waals surface area (Å²) < 4.78 is 10.5. The molecule has 17 heavy (non-hydrogen) atoms. The molecule has 2 unspecified atom stereocenters. The number of rotatable bonds is 10. The van der Waals surface area contributed by atoms with Gasteiger partial charge in [0.25, 0.3) is 0 Å². The van der Waals surface area contributed by atoms with Gasteiger partial charge in [-0.1, -0.05) is 6.92 Å². The van der Waals surface area contributed by atoms with Crippen molar-refractivity contribution in [1.82, 2.24) is 4.90 Å². The summed E-state index contributed by atoms with van der Waals surface area (Å²) in [6.07, 6.45) is 3.38. The van der Waals surface area contributed by atoms with E-state index in [4.69, 9.17) is 9.47 Å². The van der Waals surface area contributed by atoms with Gasteiger partial charge in [-0.25, -0.2) is 0 Å². The summed E-state index contributed by atoms with van der Waals surface area (Å²) in [7, 11) is 1.66. The van der Waals surface area contributed by atoms with Crippen LogP contribution in [0.3, 0.4) is 0 Å². The highest BCUT2D eigenvalue weighted by Crippen LogP contribution is 2.26. The molecule has 1 rings (SSSR count). The maximum atomic E-state index is 9.93. The maximum Gasteiger partial charge on any atom is 0.0900 e. The lowest BCUT2D eigenvalue weighted by Crippen LogP contribution is -2.37. The number of methoxy groups -OCH3 is 1. The number of aliphatic hydroxyl groups is 1. The summed E-state index contributed by atoms with van der Waals surface area (Å²) in [6, 6.07) is 0.709. The summed E-state index contributed by atoms with van der Waals surface area (Å²) in [5.74, 6) is 0. The van der Waals surface area contributed by atoms with Crippen LogP contribution in [-0.2, 0) is 9.47 Å². The van der Waals surface area contributed by atoms with Gasteiger partial charge in [-0.2, -0.15) is 0 Å². The lowest BCUT2D eigenvalue weighted by molar-refractivity contribution is -0.0403. The Morgan fingerprint density at radius 2 is 2.06 bits per heavy atom. The minimum Gasteiger partial charge on any atom is -0.389 e. The van der Waals surface area contributed by atoms with Crippen LogP contribution < -0.4 is 0 Å². The first-order valence-electron chi connectivity index (χ1n) is 6.70. The molecule has 0 saturated heterocycles. The van der Waals surface area contributed by atoms with Gasteiger partial charge in [0.1, 0.15) is 0 Å².